The van der Waals surface area contributed by atoms with Gasteiger partial charge in [-0.3, -0.25) is 4.79 Å². The summed E-state index contributed by atoms with van der Waals surface area (Å²) in [6.07, 6.45) is 2.69. The lowest BCUT2D eigenvalue weighted by Gasteiger charge is -2.31. The van der Waals surface area contributed by atoms with E-state index >= 15 is 0 Å². The molecule has 0 spiro atoms. The van der Waals surface area contributed by atoms with E-state index in [9.17, 15) is 4.79 Å². The molecule has 2 rings (SSSR count). The first-order chi connectivity index (χ1) is 8.65. The number of thiocarbonyl (C=S) groups is 1. The Balaban J connectivity index is 2.30. The number of nitrogens with two attached hydrogens (primary N) is 1. The van der Waals surface area contributed by atoms with Crippen LogP contribution < -0.4 is 10.6 Å². The summed E-state index contributed by atoms with van der Waals surface area (Å²) in [5.41, 5.74) is 7.91. The molecule has 1 aliphatic rings. The number of anilines is 1. The van der Waals surface area contributed by atoms with Crippen molar-refractivity contribution in [2.75, 3.05) is 11.4 Å². The second-order valence-electron chi connectivity index (χ2n) is 4.59. The smallest absolute Gasteiger partial charge is 0.236 e. The predicted molar refractivity (Wildman–Crippen MR) is 77.7 cm³/mol. The number of carbonyl (C=O) groups excluding carboxylic acids is 1. The van der Waals surface area contributed by atoms with Crippen molar-refractivity contribution < 1.29 is 4.79 Å². The fourth-order valence-corrected chi connectivity index (χ4v) is 2.72. The summed E-state index contributed by atoms with van der Waals surface area (Å²) in [7, 11) is 0. The number of hydrogen-bond acceptors (Lipinski definition) is 2. The SMILES string of the molecule is CCC(C(=O)N1CCCc2ccccc21)C(N)=S. The number of hydrogen-bond donors (Lipinski definition) is 1. The second kappa shape index (κ2) is 5.48. The van der Waals surface area contributed by atoms with Crippen LogP contribution in [0.1, 0.15) is 25.3 Å². The fraction of sp³-hybridized carbons (Fsp3) is 0.429. The van der Waals surface area contributed by atoms with Crippen molar-refractivity contribution in [3.05, 3.63) is 29.8 Å². The van der Waals surface area contributed by atoms with Crippen LogP contribution in [0.4, 0.5) is 5.69 Å². The van der Waals surface area contributed by atoms with Crippen LogP contribution >= 0.6 is 12.2 Å². The van der Waals surface area contributed by atoms with E-state index in [1.54, 1.807) is 0 Å². The molecule has 0 radical (unpaired) electrons. The molecule has 0 aromatic heterocycles. The first-order valence-electron chi connectivity index (χ1n) is 6.33. The Bertz CT molecular complexity index is 473. The molecule has 4 heteroatoms. The summed E-state index contributed by atoms with van der Waals surface area (Å²) in [5, 5.41) is 0. The molecule has 1 aliphatic heterocycles. The standard InChI is InChI=1S/C14H18N2OS/c1-2-11(13(15)18)14(17)16-9-5-7-10-6-3-4-8-12(10)16/h3-4,6,8,11H,2,5,7,9H2,1H3,(H2,15,18). The number of aryl methyl sites for hydroxylation is 1. The molecule has 0 saturated carbocycles. The van der Waals surface area contributed by atoms with E-state index in [1.807, 2.05) is 30.0 Å². The van der Waals surface area contributed by atoms with Gasteiger partial charge in [0.05, 0.1) is 10.9 Å². The summed E-state index contributed by atoms with van der Waals surface area (Å²) in [6.45, 7) is 2.70. The van der Waals surface area contributed by atoms with Crippen LogP contribution in [0.15, 0.2) is 24.3 Å². The Kier molecular flexibility index (Phi) is 3.97. The summed E-state index contributed by atoms with van der Waals surface area (Å²) in [6, 6.07) is 8.05. The van der Waals surface area contributed by atoms with Gasteiger partial charge >= 0.3 is 0 Å². The van der Waals surface area contributed by atoms with E-state index in [1.165, 1.54) is 5.56 Å². The molecule has 0 aliphatic carbocycles. The molecule has 2 N–H and O–H groups in total. The zero-order valence-corrected chi connectivity index (χ0v) is 11.4. The molecule has 18 heavy (non-hydrogen) atoms. The zero-order valence-electron chi connectivity index (χ0n) is 10.6. The van der Waals surface area contributed by atoms with Crippen LogP contribution in [0, 0.1) is 5.92 Å². The third-order valence-corrected chi connectivity index (χ3v) is 3.71. The van der Waals surface area contributed by atoms with Gasteiger partial charge in [-0.05, 0) is 30.9 Å². The highest BCUT2D eigenvalue weighted by molar-refractivity contribution is 7.80. The number of fused-ring (bicyclic) bond motifs is 1. The van der Waals surface area contributed by atoms with Crippen molar-refractivity contribution in [2.24, 2.45) is 11.7 Å². The van der Waals surface area contributed by atoms with Gasteiger partial charge in [-0.1, -0.05) is 37.3 Å². The lowest BCUT2D eigenvalue weighted by atomic mass is 9.98. The first kappa shape index (κ1) is 13.0. The highest BCUT2D eigenvalue weighted by atomic mass is 32.1. The lowest BCUT2D eigenvalue weighted by molar-refractivity contribution is -0.120. The minimum absolute atomic E-state index is 0.0390. The Morgan fingerprint density at radius 3 is 2.89 bits per heavy atom. The molecule has 1 aromatic carbocycles. The van der Waals surface area contributed by atoms with Crippen molar-refractivity contribution in [3.8, 4) is 0 Å². The van der Waals surface area contributed by atoms with Crippen LogP contribution in [-0.4, -0.2) is 17.4 Å². The maximum atomic E-state index is 12.5. The number of carbonyl (C=O) groups is 1. The van der Waals surface area contributed by atoms with Gasteiger partial charge in [-0.15, -0.1) is 0 Å². The molecule has 1 heterocycles. The van der Waals surface area contributed by atoms with Crippen LogP contribution in [0.2, 0.25) is 0 Å². The minimum atomic E-state index is -0.342. The first-order valence-corrected chi connectivity index (χ1v) is 6.74. The van der Waals surface area contributed by atoms with E-state index < -0.39 is 0 Å². The van der Waals surface area contributed by atoms with E-state index in [0.717, 1.165) is 25.1 Å². The Labute approximate surface area is 113 Å². The van der Waals surface area contributed by atoms with Gasteiger partial charge in [0.15, 0.2) is 0 Å². The topological polar surface area (TPSA) is 46.3 Å². The highest BCUT2D eigenvalue weighted by Gasteiger charge is 2.28. The van der Waals surface area contributed by atoms with Crippen LogP contribution in [0.25, 0.3) is 0 Å². The summed E-state index contributed by atoms with van der Waals surface area (Å²) >= 11 is 4.99. The Morgan fingerprint density at radius 2 is 2.22 bits per heavy atom. The van der Waals surface area contributed by atoms with E-state index in [0.29, 0.717) is 11.4 Å². The molecule has 0 bridgehead atoms. The number of nitrogens with zero attached hydrogens (tertiary/aromatic N) is 1. The predicted octanol–water partition coefficient (Wildman–Crippen LogP) is 2.28. The molecule has 1 aromatic rings. The highest BCUT2D eigenvalue weighted by Crippen LogP contribution is 2.28. The van der Waals surface area contributed by atoms with E-state index in [-0.39, 0.29) is 11.8 Å². The third kappa shape index (κ3) is 2.38. The quantitative estimate of drug-likeness (QED) is 0.850. The fourth-order valence-electron chi connectivity index (χ4n) is 2.45. The van der Waals surface area contributed by atoms with E-state index in [4.69, 9.17) is 18.0 Å². The number of benzene rings is 1. The van der Waals surface area contributed by atoms with Crippen LogP contribution in [0.3, 0.4) is 0 Å². The maximum Gasteiger partial charge on any atom is 0.236 e. The van der Waals surface area contributed by atoms with Crippen molar-refractivity contribution in [3.63, 3.8) is 0 Å². The van der Waals surface area contributed by atoms with Gasteiger partial charge < -0.3 is 10.6 Å². The average Bonchev–Trinajstić information content (AvgIpc) is 2.38. The van der Waals surface area contributed by atoms with Crippen molar-refractivity contribution in [1.29, 1.82) is 0 Å². The number of amides is 1. The number of rotatable bonds is 3. The largest absolute Gasteiger partial charge is 0.393 e. The molecule has 3 nitrogen and oxygen atoms in total. The molecule has 0 saturated heterocycles. The molecular weight excluding hydrogens is 244 g/mol. The van der Waals surface area contributed by atoms with Gasteiger partial charge in [-0.25, -0.2) is 0 Å². The van der Waals surface area contributed by atoms with E-state index in [2.05, 4.69) is 6.07 Å². The minimum Gasteiger partial charge on any atom is -0.393 e. The monoisotopic (exact) mass is 262 g/mol. The maximum absolute atomic E-state index is 12.5. The van der Waals surface area contributed by atoms with Gasteiger partial charge in [0.25, 0.3) is 0 Å². The van der Waals surface area contributed by atoms with Gasteiger partial charge in [-0.2, -0.15) is 0 Å². The van der Waals surface area contributed by atoms with Crippen LogP contribution in [-0.2, 0) is 11.2 Å². The summed E-state index contributed by atoms with van der Waals surface area (Å²) in [4.78, 5) is 14.6. The third-order valence-electron chi connectivity index (χ3n) is 3.43. The normalized spacial score (nSPS) is 15.9. The van der Waals surface area contributed by atoms with Gasteiger partial charge in [0.2, 0.25) is 5.91 Å². The molecule has 1 amide bonds. The average molecular weight is 262 g/mol. The molecule has 0 fully saturated rings. The molecular formula is C14H18N2OS. The molecule has 1 atom stereocenters. The molecule has 1 unspecified atom stereocenters. The summed E-state index contributed by atoms with van der Waals surface area (Å²) < 4.78 is 0. The van der Waals surface area contributed by atoms with Gasteiger partial charge in [0, 0.05) is 12.2 Å². The van der Waals surface area contributed by atoms with Crippen molar-refractivity contribution >= 4 is 28.8 Å². The zero-order chi connectivity index (χ0) is 13.1. The van der Waals surface area contributed by atoms with Crippen LogP contribution in [0.5, 0.6) is 0 Å². The van der Waals surface area contributed by atoms with Crippen molar-refractivity contribution in [2.45, 2.75) is 26.2 Å². The Morgan fingerprint density at radius 1 is 1.50 bits per heavy atom. The summed E-state index contributed by atoms with van der Waals surface area (Å²) in [5.74, 6) is -0.302. The van der Waals surface area contributed by atoms with Crippen molar-refractivity contribution in [1.82, 2.24) is 0 Å². The second-order valence-corrected chi connectivity index (χ2v) is 5.06. The lowest BCUT2D eigenvalue weighted by Crippen LogP contribution is -2.43. The van der Waals surface area contributed by atoms with Gasteiger partial charge in [0.1, 0.15) is 0 Å². The molecule has 96 valence electrons. The number of para-hydroxylation sites is 1. The Hall–Kier alpha value is -1.42.